The second-order valence-electron chi connectivity index (χ2n) is 2.13. The average Bonchev–Trinajstić information content (AvgIpc) is 1.95. The zero-order valence-corrected chi connectivity index (χ0v) is 7.17. The Bertz CT molecular complexity index is 255. The van der Waals surface area contributed by atoms with Gasteiger partial charge in [-0.05, 0) is 24.1 Å². The van der Waals surface area contributed by atoms with Gasteiger partial charge in [-0.1, -0.05) is 36.0 Å². The van der Waals surface area contributed by atoms with E-state index in [-0.39, 0.29) is 0 Å². The van der Waals surface area contributed by atoms with Gasteiger partial charge in [0.2, 0.25) is 0 Å². The molecule has 1 aromatic rings. The van der Waals surface area contributed by atoms with E-state index in [1.807, 2.05) is 25.1 Å². The molecule has 1 aromatic carbocycles. The molecule has 0 radical (unpaired) electrons. The van der Waals surface area contributed by atoms with Crippen molar-refractivity contribution >= 4 is 29.2 Å². The lowest BCUT2D eigenvalue weighted by Crippen LogP contribution is -1.79. The van der Waals surface area contributed by atoms with Crippen LogP contribution in [0.5, 0.6) is 0 Å². The zero-order chi connectivity index (χ0) is 7.56. The van der Waals surface area contributed by atoms with E-state index >= 15 is 0 Å². The third-order valence-electron chi connectivity index (χ3n) is 1.33. The number of aryl methyl sites for hydroxylation is 1. The molecule has 0 amide bonds. The molecule has 0 spiro atoms. The van der Waals surface area contributed by atoms with Crippen LogP contribution in [0.4, 0.5) is 0 Å². The van der Waals surface area contributed by atoms with Gasteiger partial charge in [0.25, 0.3) is 0 Å². The molecular formula is C8H7ClS. The Morgan fingerprint density at radius 3 is 2.70 bits per heavy atom. The monoisotopic (exact) mass is 170 g/mol. The maximum atomic E-state index is 5.83. The highest BCUT2D eigenvalue weighted by Gasteiger charge is 1.93. The predicted molar refractivity (Wildman–Crippen MR) is 48.9 cm³/mol. The third-order valence-corrected chi connectivity index (χ3v) is 2.01. The van der Waals surface area contributed by atoms with Crippen LogP contribution in [0.15, 0.2) is 18.2 Å². The van der Waals surface area contributed by atoms with Crippen molar-refractivity contribution in [1.29, 1.82) is 0 Å². The number of hydrogen-bond acceptors (Lipinski definition) is 1. The van der Waals surface area contributed by atoms with Gasteiger partial charge in [0.1, 0.15) is 0 Å². The molecule has 52 valence electrons. The van der Waals surface area contributed by atoms with Crippen molar-refractivity contribution in [3.63, 3.8) is 0 Å². The Morgan fingerprint density at radius 1 is 1.50 bits per heavy atom. The Kier molecular flexibility index (Phi) is 2.41. The molecule has 0 aliphatic rings. The first-order chi connectivity index (χ1) is 4.74. The van der Waals surface area contributed by atoms with E-state index < -0.39 is 0 Å². The summed E-state index contributed by atoms with van der Waals surface area (Å²) in [5.74, 6) is 0. The Labute approximate surface area is 70.8 Å². The molecule has 0 saturated carbocycles. The molecule has 0 bridgehead atoms. The van der Waals surface area contributed by atoms with Crippen molar-refractivity contribution in [3.8, 4) is 0 Å². The summed E-state index contributed by atoms with van der Waals surface area (Å²) in [5, 5.41) is 2.39. The van der Waals surface area contributed by atoms with Crippen LogP contribution in [0.1, 0.15) is 11.1 Å². The van der Waals surface area contributed by atoms with E-state index in [1.165, 1.54) is 0 Å². The molecule has 0 aliphatic carbocycles. The van der Waals surface area contributed by atoms with Gasteiger partial charge in [-0.15, -0.1) is 0 Å². The smallest absolute Gasteiger partial charge is 0.0441 e. The SMILES string of the molecule is Cc1ccc(C=S)cc1Cl. The van der Waals surface area contributed by atoms with Crippen LogP contribution < -0.4 is 0 Å². The first kappa shape index (κ1) is 7.70. The lowest BCUT2D eigenvalue weighted by molar-refractivity contribution is 1.47. The molecule has 10 heavy (non-hydrogen) atoms. The maximum Gasteiger partial charge on any atom is 0.0441 e. The van der Waals surface area contributed by atoms with Gasteiger partial charge in [0.05, 0.1) is 0 Å². The van der Waals surface area contributed by atoms with E-state index in [1.54, 1.807) is 5.37 Å². The Hall–Kier alpha value is -0.400. The highest BCUT2D eigenvalue weighted by Crippen LogP contribution is 2.15. The second-order valence-corrected chi connectivity index (χ2v) is 2.77. The summed E-state index contributed by atoms with van der Waals surface area (Å²) in [6.07, 6.45) is 0. The van der Waals surface area contributed by atoms with Gasteiger partial charge in [-0.2, -0.15) is 0 Å². The third kappa shape index (κ3) is 1.55. The molecule has 0 saturated heterocycles. The van der Waals surface area contributed by atoms with Crippen molar-refractivity contribution in [3.05, 3.63) is 34.3 Å². The van der Waals surface area contributed by atoms with E-state index in [2.05, 4.69) is 0 Å². The standard InChI is InChI=1S/C8H7ClS/c1-6-2-3-7(5-10)4-8(6)9/h2-5H,1H3. The topological polar surface area (TPSA) is 0 Å². The van der Waals surface area contributed by atoms with Crippen LogP contribution in [0.25, 0.3) is 0 Å². The van der Waals surface area contributed by atoms with Crippen molar-refractivity contribution in [2.45, 2.75) is 6.92 Å². The second kappa shape index (κ2) is 3.13. The van der Waals surface area contributed by atoms with Crippen LogP contribution in [0.2, 0.25) is 5.02 Å². The first-order valence-electron chi connectivity index (χ1n) is 2.95. The van der Waals surface area contributed by atoms with Crippen LogP contribution in [-0.2, 0) is 0 Å². The molecule has 1 rings (SSSR count). The van der Waals surface area contributed by atoms with Gasteiger partial charge in [-0.3, -0.25) is 0 Å². The molecule has 0 heterocycles. The van der Waals surface area contributed by atoms with Crippen molar-refractivity contribution in [1.82, 2.24) is 0 Å². The fraction of sp³-hybridized carbons (Fsp3) is 0.125. The Morgan fingerprint density at radius 2 is 2.20 bits per heavy atom. The predicted octanol–water partition coefficient (Wildman–Crippen LogP) is 3.00. The van der Waals surface area contributed by atoms with Gasteiger partial charge >= 0.3 is 0 Å². The molecule has 0 N–H and O–H groups in total. The number of rotatable bonds is 1. The van der Waals surface area contributed by atoms with Crippen LogP contribution in [-0.4, -0.2) is 5.37 Å². The molecule has 0 fully saturated rings. The first-order valence-corrected chi connectivity index (χ1v) is 3.80. The van der Waals surface area contributed by atoms with Crippen molar-refractivity contribution in [2.75, 3.05) is 0 Å². The highest BCUT2D eigenvalue weighted by molar-refractivity contribution is 7.79. The van der Waals surface area contributed by atoms with Crippen LogP contribution in [0, 0.1) is 6.92 Å². The fourth-order valence-corrected chi connectivity index (χ4v) is 1.02. The molecule has 0 aromatic heterocycles. The molecule has 0 unspecified atom stereocenters. The van der Waals surface area contributed by atoms with Crippen LogP contribution in [0.3, 0.4) is 0 Å². The maximum absolute atomic E-state index is 5.83. The minimum absolute atomic E-state index is 0.776. The van der Waals surface area contributed by atoms with Gasteiger partial charge in [-0.25, -0.2) is 0 Å². The summed E-state index contributed by atoms with van der Waals surface area (Å²) in [7, 11) is 0. The normalized spacial score (nSPS) is 9.40. The average molecular weight is 171 g/mol. The lowest BCUT2D eigenvalue weighted by Gasteiger charge is -1.96. The summed E-state index contributed by atoms with van der Waals surface area (Å²) in [4.78, 5) is 0. The molecule has 2 heteroatoms. The largest absolute Gasteiger partial charge is 0.0881 e. The highest BCUT2D eigenvalue weighted by atomic mass is 35.5. The van der Waals surface area contributed by atoms with E-state index in [0.29, 0.717) is 0 Å². The summed E-state index contributed by atoms with van der Waals surface area (Å²) in [6.45, 7) is 1.97. The molecule has 0 atom stereocenters. The minimum Gasteiger partial charge on any atom is -0.0881 e. The van der Waals surface area contributed by atoms with Gasteiger partial charge in [0, 0.05) is 10.4 Å². The van der Waals surface area contributed by atoms with Crippen LogP contribution >= 0.6 is 23.8 Å². The lowest BCUT2D eigenvalue weighted by atomic mass is 10.2. The number of benzene rings is 1. The molecular weight excluding hydrogens is 164 g/mol. The summed E-state index contributed by atoms with van der Waals surface area (Å²) in [5.41, 5.74) is 2.08. The minimum atomic E-state index is 0.776. The summed E-state index contributed by atoms with van der Waals surface area (Å²) < 4.78 is 0. The fourth-order valence-electron chi connectivity index (χ4n) is 0.682. The molecule has 0 aliphatic heterocycles. The van der Waals surface area contributed by atoms with E-state index in [0.717, 1.165) is 16.1 Å². The number of hydrogen-bond donors (Lipinski definition) is 0. The quantitative estimate of drug-likeness (QED) is 0.584. The van der Waals surface area contributed by atoms with Crippen molar-refractivity contribution in [2.24, 2.45) is 0 Å². The number of thiocarbonyl (C=S) groups is 1. The molecule has 0 nitrogen and oxygen atoms in total. The zero-order valence-electron chi connectivity index (χ0n) is 5.60. The van der Waals surface area contributed by atoms with Crippen molar-refractivity contribution < 1.29 is 0 Å². The van der Waals surface area contributed by atoms with E-state index in [4.69, 9.17) is 23.8 Å². The number of halogens is 1. The van der Waals surface area contributed by atoms with Gasteiger partial charge < -0.3 is 0 Å². The van der Waals surface area contributed by atoms with Gasteiger partial charge in [0.15, 0.2) is 0 Å². The van der Waals surface area contributed by atoms with E-state index in [9.17, 15) is 0 Å². The Balaban J connectivity index is 3.16. The summed E-state index contributed by atoms with van der Waals surface area (Å²) >= 11 is 10.6. The summed E-state index contributed by atoms with van der Waals surface area (Å²) in [6, 6.07) is 5.78.